The Morgan fingerprint density at radius 2 is 2.64 bits per heavy atom. The smallest absolute Gasteiger partial charge is 0.0897 e. The van der Waals surface area contributed by atoms with E-state index in [1.54, 1.807) is 11.3 Å². The number of hydrogen-bond acceptors (Lipinski definition) is 4. The van der Waals surface area contributed by atoms with Gasteiger partial charge in [-0.25, -0.2) is 4.98 Å². The second-order valence-corrected chi connectivity index (χ2v) is 4.81. The third-order valence-corrected chi connectivity index (χ3v) is 3.36. The standard InChI is InChI=1S/C10H17N3S/c1-8-13-10(7-14-8)3-5-12-9-2-4-11-6-9/h7,9,11-12H,2-6H2,1H3. The van der Waals surface area contributed by atoms with Crippen LogP contribution in [-0.2, 0) is 6.42 Å². The SMILES string of the molecule is Cc1nc(CCNC2CCNC2)cs1. The summed E-state index contributed by atoms with van der Waals surface area (Å²) >= 11 is 1.74. The Morgan fingerprint density at radius 1 is 1.71 bits per heavy atom. The van der Waals surface area contributed by atoms with Crippen LogP contribution < -0.4 is 10.6 Å². The minimum Gasteiger partial charge on any atom is -0.315 e. The molecule has 78 valence electrons. The minimum absolute atomic E-state index is 0.676. The van der Waals surface area contributed by atoms with Gasteiger partial charge < -0.3 is 10.6 Å². The summed E-state index contributed by atoms with van der Waals surface area (Å²) in [4.78, 5) is 4.44. The molecule has 1 unspecified atom stereocenters. The van der Waals surface area contributed by atoms with E-state index in [0.29, 0.717) is 6.04 Å². The van der Waals surface area contributed by atoms with Gasteiger partial charge in [0.25, 0.3) is 0 Å². The third kappa shape index (κ3) is 2.77. The molecule has 0 amide bonds. The maximum absolute atomic E-state index is 4.44. The van der Waals surface area contributed by atoms with E-state index in [1.807, 2.05) is 0 Å². The fourth-order valence-electron chi connectivity index (χ4n) is 1.76. The molecular weight excluding hydrogens is 194 g/mol. The zero-order valence-electron chi connectivity index (χ0n) is 8.55. The highest BCUT2D eigenvalue weighted by Gasteiger charge is 2.12. The molecular formula is C10H17N3S. The Hall–Kier alpha value is -0.450. The molecule has 2 rings (SSSR count). The zero-order chi connectivity index (χ0) is 9.80. The summed E-state index contributed by atoms with van der Waals surface area (Å²) in [5.41, 5.74) is 1.23. The number of nitrogens with one attached hydrogen (secondary N) is 2. The normalized spacial score (nSPS) is 21.6. The number of aryl methyl sites for hydroxylation is 1. The first-order valence-electron chi connectivity index (χ1n) is 5.20. The molecule has 1 atom stereocenters. The fraction of sp³-hybridized carbons (Fsp3) is 0.700. The lowest BCUT2D eigenvalue weighted by atomic mass is 10.2. The first-order valence-corrected chi connectivity index (χ1v) is 6.07. The number of rotatable bonds is 4. The summed E-state index contributed by atoms with van der Waals surface area (Å²) in [6.07, 6.45) is 2.32. The lowest BCUT2D eigenvalue weighted by Crippen LogP contribution is -2.32. The van der Waals surface area contributed by atoms with E-state index in [-0.39, 0.29) is 0 Å². The van der Waals surface area contributed by atoms with Gasteiger partial charge in [0, 0.05) is 30.9 Å². The Balaban J connectivity index is 1.67. The van der Waals surface area contributed by atoms with E-state index in [2.05, 4.69) is 27.9 Å². The first kappa shape index (κ1) is 10.1. The van der Waals surface area contributed by atoms with Crippen LogP contribution in [0.15, 0.2) is 5.38 Å². The molecule has 1 aromatic rings. The van der Waals surface area contributed by atoms with E-state index in [9.17, 15) is 0 Å². The van der Waals surface area contributed by atoms with Crippen molar-refractivity contribution in [1.82, 2.24) is 15.6 Å². The minimum atomic E-state index is 0.676. The van der Waals surface area contributed by atoms with Crippen molar-refractivity contribution in [3.05, 3.63) is 16.1 Å². The van der Waals surface area contributed by atoms with Crippen molar-refractivity contribution in [3.8, 4) is 0 Å². The molecule has 0 aromatic carbocycles. The quantitative estimate of drug-likeness (QED) is 0.778. The molecule has 0 aliphatic carbocycles. The van der Waals surface area contributed by atoms with Gasteiger partial charge in [-0.2, -0.15) is 0 Å². The highest BCUT2D eigenvalue weighted by Crippen LogP contribution is 2.08. The van der Waals surface area contributed by atoms with Gasteiger partial charge in [0.1, 0.15) is 0 Å². The average molecular weight is 211 g/mol. The third-order valence-electron chi connectivity index (χ3n) is 2.54. The molecule has 1 aromatic heterocycles. The van der Waals surface area contributed by atoms with Crippen LogP contribution in [0.1, 0.15) is 17.1 Å². The second kappa shape index (κ2) is 4.87. The van der Waals surface area contributed by atoms with Crippen molar-refractivity contribution in [3.63, 3.8) is 0 Å². The topological polar surface area (TPSA) is 37.0 Å². The van der Waals surface area contributed by atoms with Gasteiger partial charge in [0.05, 0.1) is 10.7 Å². The van der Waals surface area contributed by atoms with Crippen molar-refractivity contribution in [2.24, 2.45) is 0 Å². The van der Waals surface area contributed by atoms with Gasteiger partial charge in [-0.05, 0) is 19.9 Å². The van der Waals surface area contributed by atoms with Crippen LogP contribution >= 0.6 is 11.3 Å². The van der Waals surface area contributed by atoms with Crippen LogP contribution in [0.2, 0.25) is 0 Å². The molecule has 0 saturated carbocycles. The van der Waals surface area contributed by atoms with Gasteiger partial charge in [0.15, 0.2) is 0 Å². The average Bonchev–Trinajstić information content (AvgIpc) is 2.77. The van der Waals surface area contributed by atoms with Crippen LogP contribution in [-0.4, -0.2) is 30.7 Å². The van der Waals surface area contributed by atoms with Gasteiger partial charge in [-0.1, -0.05) is 0 Å². The summed E-state index contributed by atoms with van der Waals surface area (Å²) in [7, 11) is 0. The highest BCUT2D eigenvalue weighted by atomic mass is 32.1. The van der Waals surface area contributed by atoms with Crippen LogP contribution in [0.25, 0.3) is 0 Å². The van der Waals surface area contributed by atoms with Crippen molar-refractivity contribution >= 4 is 11.3 Å². The molecule has 3 nitrogen and oxygen atoms in total. The Morgan fingerprint density at radius 3 is 3.29 bits per heavy atom. The summed E-state index contributed by atoms with van der Waals surface area (Å²) < 4.78 is 0. The van der Waals surface area contributed by atoms with E-state index >= 15 is 0 Å². The van der Waals surface area contributed by atoms with Gasteiger partial charge in [0.2, 0.25) is 0 Å². The molecule has 2 heterocycles. The highest BCUT2D eigenvalue weighted by molar-refractivity contribution is 7.09. The second-order valence-electron chi connectivity index (χ2n) is 3.75. The molecule has 1 aliphatic rings. The lowest BCUT2D eigenvalue weighted by molar-refractivity contribution is 0.548. The monoisotopic (exact) mass is 211 g/mol. The van der Waals surface area contributed by atoms with Crippen LogP contribution in [0.5, 0.6) is 0 Å². The maximum Gasteiger partial charge on any atom is 0.0897 e. The molecule has 14 heavy (non-hydrogen) atoms. The zero-order valence-corrected chi connectivity index (χ0v) is 9.36. The first-order chi connectivity index (χ1) is 6.84. The van der Waals surface area contributed by atoms with E-state index in [1.165, 1.54) is 17.1 Å². The molecule has 4 heteroatoms. The summed E-state index contributed by atoms with van der Waals surface area (Å²) in [6, 6.07) is 0.676. The van der Waals surface area contributed by atoms with Gasteiger partial charge in [-0.3, -0.25) is 0 Å². The lowest BCUT2D eigenvalue weighted by Gasteiger charge is -2.09. The van der Waals surface area contributed by atoms with Crippen molar-refractivity contribution in [2.45, 2.75) is 25.8 Å². The Bertz CT molecular complexity index is 279. The Labute approximate surface area is 88.9 Å². The molecule has 0 radical (unpaired) electrons. The number of nitrogens with zero attached hydrogens (tertiary/aromatic N) is 1. The molecule has 2 N–H and O–H groups in total. The predicted octanol–water partition coefficient (Wildman–Crippen LogP) is 0.946. The van der Waals surface area contributed by atoms with Crippen LogP contribution in [0, 0.1) is 6.92 Å². The molecule has 0 spiro atoms. The largest absolute Gasteiger partial charge is 0.315 e. The van der Waals surface area contributed by atoms with Crippen LogP contribution in [0.3, 0.4) is 0 Å². The van der Waals surface area contributed by atoms with Crippen LogP contribution in [0.4, 0.5) is 0 Å². The van der Waals surface area contributed by atoms with Crippen molar-refractivity contribution in [1.29, 1.82) is 0 Å². The fourth-order valence-corrected chi connectivity index (χ4v) is 2.40. The predicted molar refractivity (Wildman–Crippen MR) is 59.8 cm³/mol. The van der Waals surface area contributed by atoms with E-state index in [4.69, 9.17) is 0 Å². The number of thiazole rings is 1. The summed E-state index contributed by atoms with van der Waals surface area (Å²) in [5.74, 6) is 0. The molecule has 0 bridgehead atoms. The van der Waals surface area contributed by atoms with Crippen molar-refractivity contribution in [2.75, 3.05) is 19.6 Å². The summed E-state index contributed by atoms with van der Waals surface area (Å²) in [5, 5.41) is 10.2. The summed E-state index contributed by atoms with van der Waals surface area (Å²) in [6.45, 7) is 5.39. The maximum atomic E-state index is 4.44. The van der Waals surface area contributed by atoms with E-state index < -0.39 is 0 Å². The number of hydrogen-bond donors (Lipinski definition) is 2. The number of aromatic nitrogens is 1. The van der Waals surface area contributed by atoms with E-state index in [0.717, 1.165) is 26.1 Å². The van der Waals surface area contributed by atoms with Crippen molar-refractivity contribution < 1.29 is 0 Å². The molecule has 1 saturated heterocycles. The Kier molecular flexibility index (Phi) is 3.50. The molecule has 1 fully saturated rings. The molecule has 1 aliphatic heterocycles. The van der Waals surface area contributed by atoms with Gasteiger partial charge in [-0.15, -0.1) is 11.3 Å². The van der Waals surface area contributed by atoms with Gasteiger partial charge >= 0.3 is 0 Å².